The van der Waals surface area contributed by atoms with Crippen molar-refractivity contribution in [1.29, 1.82) is 0 Å². The standard InChI is InChI=1S/2C26H28.3C25H26/c2*1-5-6-7-8-22-10-12-23(13-11-22)24-14-16-25(17-15-24)26-18-9-19(2)20(3)21(26)4;3*1-5-6-7-21-9-11-22(12-10-21)23-13-15-24(16-14-23)25-17-8-18(2)19(3)20(25)4/h2*5-6,9-18H,7-8H2,1-4H3;3*5,8-17H,1,6-7H2,2-4H3/b2*6-5+;;;. The Balaban J connectivity index is 0.000000154. The van der Waals surface area contributed by atoms with Crippen LogP contribution in [0.5, 0.6) is 0 Å². The number of benzene rings is 15. The molecule has 0 aliphatic heterocycles. The Kier molecular flexibility index (Phi) is 34.9. The molecular formula is C127H134. The van der Waals surface area contributed by atoms with Crippen LogP contribution in [0.15, 0.2) is 366 Å². The molecule has 642 valence electrons. The van der Waals surface area contributed by atoms with Crippen LogP contribution in [0.3, 0.4) is 0 Å². The van der Waals surface area contributed by atoms with Crippen molar-refractivity contribution in [1.82, 2.24) is 0 Å². The fourth-order valence-corrected chi connectivity index (χ4v) is 16.5. The molecule has 0 heterocycles. The Morgan fingerprint density at radius 2 is 0.291 bits per heavy atom. The summed E-state index contributed by atoms with van der Waals surface area (Å²) in [4.78, 5) is 0. The summed E-state index contributed by atoms with van der Waals surface area (Å²) in [5.74, 6) is 0. The third kappa shape index (κ3) is 25.4. The fourth-order valence-electron chi connectivity index (χ4n) is 16.5. The van der Waals surface area contributed by atoms with Gasteiger partial charge >= 0.3 is 0 Å². The van der Waals surface area contributed by atoms with Crippen LogP contribution in [0.4, 0.5) is 0 Å². The summed E-state index contributed by atoms with van der Waals surface area (Å²) < 4.78 is 0. The molecule has 0 radical (unpaired) electrons. The lowest BCUT2D eigenvalue weighted by molar-refractivity contribution is 1.000. The number of aryl methyl sites for hydroxylation is 10. The zero-order valence-electron chi connectivity index (χ0n) is 79.1. The number of hydrogen-bond acceptors (Lipinski definition) is 0. The average Bonchev–Trinajstić information content (AvgIpc) is 0.824. The van der Waals surface area contributed by atoms with Gasteiger partial charge in [0.2, 0.25) is 0 Å². The fraction of sp³-hybridized carbons (Fsp3) is 0.213. The highest BCUT2D eigenvalue weighted by molar-refractivity contribution is 5.79. The lowest BCUT2D eigenvalue weighted by Gasteiger charge is -2.12. The Labute approximate surface area is 764 Å². The van der Waals surface area contributed by atoms with E-state index < -0.39 is 0 Å². The molecule has 0 saturated carbocycles. The van der Waals surface area contributed by atoms with E-state index in [2.05, 4.69) is 465 Å². The third-order valence-corrected chi connectivity index (χ3v) is 26.3. The quantitative estimate of drug-likeness (QED) is 0.0500. The summed E-state index contributed by atoms with van der Waals surface area (Å²) in [6.07, 6.45) is 25.3. The SMILES string of the molecule is C/C=C/CCc1ccc(-c2ccc(-c3ccc(C)c(C)c3C)cc2)cc1.C/C=C/CCc1ccc(-c2ccc(-c3ccc(C)c(C)c3C)cc2)cc1.C=CCCc1ccc(-c2ccc(-c3ccc(C)c(C)c3C)cc2)cc1.C=CCCc1ccc(-c2ccc(-c3ccc(C)c(C)c3C)cc2)cc1.C=CCCc1ccc(-c2ccc(-c3ccc(C)c(C)c3C)cc2)cc1. The Morgan fingerprint density at radius 1 is 0.157 bits per heavy atom. The van der Waals surface area contributed by atoms with Crippen LogP contribution >= 0.6 is 0 Å². The van der Waals surface area contributed by atoms with Crippen LogP contribution in [-0.2, 0) is 32.1 Å². The highest BCUT2D eigenvalue weighted by atomic mass is 14.2. The van der Waals surface area contributed by atoms with Crippen LogP contribution < -0.4 is 0 Å². The minimum atomic E-state index is 1.03. The van der Waals surface area contributed by atoms with Crippen LogP contribution in [0.1, 0.15) is 157 Å². The number of hydrogen-bond donors (Lipinski definition) is 0. The van der Waals surface area contributed by atoms with Gasteiger partial charge in [0, 0.05) is 0 Å². The van der Waals surface area contributed by atoms with Crippen LogP contribution in [0.2, 0.25) is 0 Å². The van der Waals surface area contributed by atoms with Crippen LogP contribution in [0.25, 0.3) is 111 Å². The molecule has 0 spiro atoms. The maximum atomic E-state index is 3.79. The predicted octanol–water partition coefficient (Wildman–Crippen LogP) is 36.1. The van der Waals surface area contributed by atoms with Crippen LogP contribution in [0, 0.1) is 104 Å². The van der Waals surface area contributed by atoms with Gasteiger partial charge in [0.05, 0.1) is 0 Å². The molecule has 15 aromatic carbocycles. The first-order valence-corrected chi connectivity index (χ1v) is 45.9. The Hall–Kier alpha value is -13.0. The van der Waals surface area contributed by atoms with Crippen molar-refractivity contribution in [3.05, 3.63) is 477 Å². The normalized spacial score (nSPS) is 10.9. The van der Waals surface area contributed by atoms with Crippen molar-refractivity contribution < 1.29 is 0 Å². The van der Waals surface area contributed by atoms with Crippen molar-refractivity contribution in [2.24, 2.45) is 0 Å². The summed E-state index contributed by atoms with van der Waals surface area (Å²) in [6, 6.07) is 112. The molecule has 0 aliphatic carbocycles. The zero-order valence-corrected chi connectivity index (χ0v) is 79.1. The van der Waals surface area contributed by atoms with Crippen molar-refractivity contribution in [2.45, 2.75) is 182 Å². The first kappa shape index (κ1) is 94.7. The molecule has 0 atom stereocenters. The molecule has 0 bridgehead atoms. The summed E-state index contributed by atoms with van der Waals surface area (Å²) in [5.41, 5.74) is 53.3. The van der Waals surface area contributed by atoms with Gasteiger partial charge in [0.15, 0.2) is 0 Å². The smallest absolute Gasteiger partial charge is 0.0152 e. The molecule has 0 amide bonds. The van der Waals surface area contributed by atoms with Gasteiger partial charge < -0.3 is 0 Å². The zero-order chi connectivity index (χ0) is 90.5. The molecule has 0 heteroatoms. The Bertz CT molecular complexity index is 5650. The van der Waals surface area contributed by atoms with Gasteiger partial charge in [0.25, 0.3) is 0 Å². The summed E-state index contributed by atoms with van der Waals surface area (Å²) >= 11 is 0. The molecule has 0 fully saturated rings. The van der Waals surface area contributed by atoms with E-state index in [1.54, 1.807) is 0 Å². The topological polar surface area (TPSA) is 0 Å². The van der Waals surface area contributed by atoms with Crippen molar-refractivity contribution in [3.63, 3.8) is 0 Å². The molecule has 15 rings (SSSR count). The monoisotopic (exact) mass is 1660 g/mol. The first-order valence-electron chi connectivity index (χ1n) is 45.9. The Morgan fingerprint density at radius 3 is 0.433 bits per heavy atom. The summed E-state index contributed by atoms with van der Waals surface area (Å²) in [6.45, 7) is 48.5. The van der Waals surface area contributed by atoms with E-state index in [4.69, 9.17) is 0 Å². The number of rotatable bonds is 25. The molecule has 0 N–H and O–H groups in total. The van der Waals surface area contributed by atoms with Gasteiger partial charge in [-0.1, -0.05) is 346 Å². The molecule has 0 saturated heterocycles. The van der Waals surface area contributed by atoms with E-state index in [9.17, 15) is 0 Å². The lowest BCUT2D eigenvalue weighted by atomic mass is 9.93. The molecule has 0 aliphatic rings. The molecule has 15 aromatic rings. The minimum absolute atomic E-state index is 1.03. The van der Waals surface area contributed by atoms with Crippen molar-refractivity contribution >= 4 is 0 Å². The van der Waals surface area contributed by atoms with E-state index in [-0.39, 0.29) is 0 Å². The van der Waals surface area contributed by atoms with Gasteiger partial charge in [-0.3, -0.25) is 0 Å². The second-order valence-electron chi connectivity index (χ2n) is 34.5. The second kappa shape index (κ2) is 46.8. The van der Waals surface area contributed by atoms with Crippen LogP contribution in [-0.4, -0.2) is 0 Å². The molecule has 0 unspecified atom stereocenters. The third-order valence-electron chi connectivity index (χ3n) is 26.3. The van der Waals surface area contributed by atoms with E-state index >= 15 is 0 Å². The van der Waals surface area contributed by atoms with E-state index in [0.717, 1.165) is 64.2 Å². The lowest BCUT2D eigenvalue weighted by Crippen LogP contribution is -1.91. The highest BCUT2D eigenvalue weighted by Gasteiger charge is 2.15. The van der Waals surface area contributed by atoms with Crippen molar-refractivity contribution in [3.8, 4) is 111 Å². The molecule has 0 aromatic heterocycles. The van der Waals surface area contributed by atoms with Gasteiger partial charge in [-0.2, -0.15) is 0 Å². The van der Waals surface area contributed by atoms with Gasteiger partial charge in [-0.15, -0.1) is 19.7 Å². The second-order valence-corrected chi connectivity index (χ2v) is 34.5. The first-order chi connectivity index (χ1) is 61.5. The van der Waals surface area contributed by atoms with Gasteiger partial charge in [-0.25, -0.2) is 0 Å². The van der Waals surface area contributed by atoms with E-state index in [1.807, 2.05) is 18.2 Å². The number of allylic oxidation sites excluding steroid dienone is 7. The average molecular weight is 1660 g/mol. The molecule has 0 nitrogen and oxygen atoms in total. The van der Waals surface area contributed by atoms with Gasteiger partial charge in [0.1, 0.15) is 0 Å². The van der Waals surface area contributed by atoms with E-state index in [0.29, 0.717) is 0 Å². The van der Waals surface area contributed by atoms with E-state index in [1.165, 1.54) is 223 Å². The molecular weight excluding hydrogens is 1530 g/mol. The molecule has 127 heavy (non-hydrogen) atoms. The highest BCUT2D eigenvalue weighted by Crippen LogP contribution is 2.37. The summed E-state index contributed by atoms with van der Waals surface area (Å²) in [5, 5.41) is 0. The minimum Gasteiger partial charge on any atom is -0.103 e. The predicted molar refractivity (Wildman–Crippen MR) is 559 cm³/mol. The van der Waals surface area contributed by atoms with Gasteiger partial charge in [-0.05, 0) is 404 Å². The van der Waals surface area contributed by atoms with Crippen molar-refractivity contribution in [2.75, 3.05) is 0 Å². The maximum Gasteiger partial charge on any atom is -0.0152 e. The summed E-state index contributed by atoms with van der Waals surface area (Å²) in [7, 11) is 0. The maximum absolute atomic E-state index is 3.79. The largest absolute Gasteiger partial charge is 0.103 e.